The number of aromatic nitrogens is 3. The molecule has 102 valence electrons. The topological polar surface area (TPSA) is 88.1 Å². The summed E-state index contributed by atoms with van der Waals surface area (Å²) < 4.78 is 10.8. The molecule has 0 aliphatic carbocycles. The van der Waals surface area contributed by atoms with Gasteiger partial charge in [0.2, 0.25) is 5.82 Å². The van der Waals surface area contributed by atoms with Gasteiger partial charge in [0.1, 0.15) is 17.9 Å². The van der Waals surface area contributed by atoms with Crippen molar-refractivity contribution in [1.82, 2.24) is 20.0 Å². The van der Waals surface area contributed by atoms with E-state index in [4.69, 9.17) is 14.5 Å². The first kappa shape index (κ1) is 12.7. The average Bonchev–Trinajstić information content (AvgIpc) is 2.97. The molecule has 1 aliphatic heterocycles. The summed E-state index contributed by atoms with van der Waals surface area (Å²) in [5, 5.41) is 12.7. The Balaban J connectivity index is 1.80. The van der Waals surface area contributed by atoms with Crippen molar-refractivity contribution in [3.05, 3.63) is 29.7 Å². The lowest BCUT2D eigenvalue weighted by molar-refractivity contribution is -0.0264. The summed E-state index contributed by atoms with van der Waals surface area (Å²) in [7, 11) is 2.03. The van der Waals surface area contributed by atoms with Crippen LogP contribution in [-0.4, -0.2) is 46.8 Å². The maximum atomic E-state index is 8.74. The fraction of sp³-hybridized carbons (Fsp3) is 0.385. The highest BCUT2D eigenvalue weighted by Crippen LogP contribution is 2.22. The van der Waals surface area contributed by atoms with E-state index in [1.807, 2.05) is 13.1 Å². The maximum absolute atomic E-state index is 8.74. The van der Waals surface area contributed by atoms with Crippen LogP contribution in [0.2, 0.25) is 0 Å². The summed E-state index contributed by atoms with van der Waals surface area (Å²) in [6.45, 7) is 2.29. The minimum Gasteiger partial charge on any atom is -0.367 e. The standard InChI is InChI=1S/C13H13N5O2/c1-18-4-5-19-11(8-18)12-16-13(20-17-12)10-3-2-9(6-14)7-15-10/h2-3,7,11H,4-5,8H2,1H3. The molecule has 0 saturated carbocycles. The second-order valence-corrected chi connectivity index (χ2v) is 4.62. The third-order valence-corrected chi connectivity index (χ3v) is 3.11. The van der Waals surface area contributed by atoms with E-state index >= 15 is 0 Å². The van der Waals surface area contributed by atoms with E-state index in [0.29, 0.717) is 29.6 Å². The van der Waals surface area contributed by atoms with Gasteiger partial charge in [-0.25, -0.2) is 4.98 Å². The molecular formula is C13H13N5O2. The van der Waals surface area contributed by atoms with Gasteiger partial charge >= 0.3 is 0 Å². The van der Waals surface area contributed by atoms with Crippen LogP contribution < -0.4 is 0 Å². The number of hydrogen-bond acceptors (Lipinski definition) is 7. The Morgan fingerprint density at radius 2 is 2.35 bits per heavy atom. The lowest BCUT2D eigenvalue weighted by atomic mass is 10.2. The zero-order chi connectivity index (χ0) is 13.9. The molecule has 0 spiro atoms. The predicted octanol–water partition coefficient (Wildman–Crippen LogP) is 1.01. The zero-order valence-electron chi connectivity index (χ0n) is 11.0. The molecular weight excluding hydrogens is 258 g/mol. The summed E-state index contributed by atoms with van der Waals surface area (Å²) in [6.07, 6.45) is 1.30. The number of likely N-dealkylation sites (N-methyl/N-ethyl adjacent to an activating group) is 1. The van der Waals surface area contributed by atoms with Gasteiger partial charge in [-0.05, 0) is 19.2 Å². The van der Waals surface area contributed by atoms with E-state index in [1.54, 1.807) is 12.1 Å². The number of morpholine rings is 1. The third kappa shape index (κ3) is 2.52. The number of pyridine rings is 1. The first-order chi connectivity index (χ1) is 9.76. The molecule has 0 radical (unpaired) electrons. The van der Waals surface area contributed by atoms with Crippen LogP contribution in [0, 0.1) is 11.3 Å². The first-order valence-corrected chi connectivity index (χ1v) is 6.26. The monoisotopic (exact) mass is 271 g/mol. The van der Waals surface area contributed by atoms with Crippen molar-refractivity contribution in [3.8, 4) is 17.7 Å². The highest BCUT2D eigenvalue weighted by Gasteiger charge is 2.24. The van der Waals surface area contributed by atoms with Gasteiger partial charge in [-0.1, -0.05) is 5.16 Å². The summed E-state index contributed by atoms with van der Waals surface area (Å²) in [6, 6.07) is 5.36. The zero-order valence-corrected chi connectivity index (χ0v) is 11.0. The predicted molar refractivity (Wildman–Crippen MR) is 68.4 cm³/mol. The van der Waals surface area contributed by atoms with E-state index in [9.17, 15) is 0 Å². The van der Waals surface area contributed by atoms with Gasteiger partial charge in [-0.3, -0.25) is 0 Å². The minimum atomic E-state index is -0.176. The summed E-state index contributed by atoms with van der Waals surface area (Å²) >= 11 is 0. The Morgan fingerprint density at radius 3 is 3.05 bits per heavy atom. The van der Waals surface area contributed by atoms with Crippen molar-refractivity contribution < 1.29 is 9.26 Å². The van der Waals surface area contributed by atoms with Crippen molar-refractivity contribution in [2.24, 2.45) is 0 Å². The van der Waals surface area contributed by atoms with Gasteiger partial charge in [-0.2, -0.15) is 10.2 Å². The number of nitrogens with zero attached hydrogens (tertiary/aromatic N) is 5. The van der Waals surface area contributed by atoms with Crippen LogP contribution in [0.3, 0.4) is 0 Å². The largest absolute Gasteiger partial charge is 0.367 e. The van der Waals surface area contributed by atoms with Crippen LogP contribution >= 0.6 is 0 Å². The van der Waals surface area contributed by atoms with Crippen LogP contribution in [0.4, 0.5) is 0 Å². The lowest BCUT2D eigenvalue weighted by Crippen LogP contribution is -2.35. The Labute approximate surface area is 115 Å². The Morgan fingerprint density at radius 1 is 1.45 bits per heavy atom. The van der Waals surface area contributed by atoms with Gasteiger partial charge in [0, 0.05) is 19.3 Å². The fourth-order valence-corrected chi connectivity index (χ4v) is 1.99. The van der Waals surface area contributed by atoms with Crippen LogP contribution in [0.5, 0.6) is 0 Å². The summed E-state index contributed by atoms with van der Waals surface area (Å²) in [5.74, 6) is 0.860. The van der Waals surface area contributed by atoms with Crippen molar-refractivity contribution in [2.75, 3.05) is 26.7 Å². The van der Waals surface area contributed by atoms with E-state index < -0.39 is 0 Å². The molecule has 1 saturated heterocycles. The molecule has 3 heterocycles. The number of ether oxygens (including phenoxy) is 1. The average molecular weight is 271 g/mol. The van der Waals surface area contributed by atoms with Crippen molar-refractivity contribution in [3.63, 3.8) is 0 Å². The normalized spacial score (nSPS) is 19.7. The molecule has 1 aliphatic rings. The first-order valence-electron chi connectivity index (χ1n) is 6.26. The molecule has 1 fully saturated rings. The van der Waals surface area contributed by atoms with Crippen molar-refractivity contribution in [1.29, 1.82) is 5.26 Å². The van der Waals surface area contributed by atoms with Crippen molar-refractivity contribution >= 4 is 0 Å². The van der Waals surface area contributed by atoms with Crippen LogP contribution in [-0.2, 0) is 4.74 Å². The molecule has 0 bridgehead atoms. The minimum absolute atomic E-state index is 0.176. The molecule has 3 rings (SSSR count). The van der Waals surface area contributed by atoms with Crippen molar-refractivity contribution in [2.45, 2.75) is 6.10 Å². The molecule has 0 N–H and O–H groups in total. The van der Waals surface area contributed by atoms with Crippen LogP contribution in [0.1, 0.15) is 17.5 Å². The smallest absolute Gasteiger partial charge is 0.276 e. The number of hydrogen-bond donors (Lipinski definition) is 0. The lowest BCUT2D eigenvalue weighted by Gasteiger charge is -2.27. The van der Waals surface area contributed by atoms with E-state index in [-0.39, 0.29) is 6.10 Å². The van der Waals surface area contributed by atoms with E-state index in [2.05, 4.69) is 20.0 Å². The van der Waals surface area contributed by atoms with Gasteiger partial charge in [0.05, 0.1) is 12.2 Å². The van der Waals surface area contributed by atoms with Crippen LogP contribution in [0.25, 0.3) is 11.6 Å². The van der Waals surface area contributed by atoms with Gasteiger partial charge < -0.3 is 14.2 Å². The molecule has 7 nitrogen and oxygen atoms in total. The van der Waals surface area contributed by atoms with E-state index in [0.717, 1.165) is 13.1 Å². The maximum Gasteiger partial charge on any atom is 0.276 e. The number of nitriles is 1. The van der Waals surface area contributed by atoms with E-state index in [1.165, 1.54) is 6.20 Å². The molecule has 1 unspecified atom stereocenters. The highest BCUT2D eigenvalue weighted by atomic mass is 16.5. The van der Waals surface area contributed by atoms with Gasteiger partial charge in [0.25, 0.3) is 5.89 Å². The summed E-state index contributed by atoms with van der Waals surface area (Å²) in [5.41, 5.74) is 1.04. The molecule has 2 aromatic heterocycles. The highest BCUT2D eigenvalue weighted by molar-refractivity contribution is 5.47. The number of rotatable bonds is 2. The Kier molecular flexibility index (Phi) is 3.41. The van der Waals surface area contributed by atoms with Gasteiger partial charge in [-0.15, -0.1) is 0 Å². The van der Waals surface area contributed by atoms with Crippen LogP contribution in [0.15, 0.2) is 22.9 Å². The molecule has 7 heteroatoms. The molecule has 20 heavy (non-hydrogen) atoms. The molecule has 2 aromatic rings. The third-order valence-electron chi connectivity index (χ3n) is 3.11. The molecule has 0 aromatic carbocycles. The molecule has 0 amide bonds. The fourth-order valence-electron chi connectivity index (χ4n) is 1.99. The Bertz CT molecular complexity index is 631. The SMILES string of the molecule is CN1CCOC(c2noc(-c3ccc(C#N)cn3)n2)C1. The quantitative estimate of drug-likeness (QED) is 0.805. The second kappa shape index (κ2) is 5.36. The Hall–Kier alpha value is -2.30. The summed E-state index contributed by atoms with van der Waals surface area (Å²) in [4.78, 5) is 10.6. The second-order valence-electron chi connectivity index (χ2n) is 4.62. The molecule has 1 atom stereocenters. The van der Waals surface area contributed by atoms with Gasteiger partial charge in [0.15, 0.2) is 0 Å².